The summed E-state index contributed by atoms with van der Waals surface area (Å²) in [6.45, 7) is 3.98. The van der Waals surface area contributed by atoms with Gasteiger partial charge in [0.2, 0.25) is 5.91 Å². The fourth-order valence-corrected chi connectivity index (χ4v) is 2.03. The molecule has 2 N–H and O–H groups in total. The number of nitrogens with one attached hydrogen (secondary N) is 2. The fraction of sp³-hybridized carbons (Fsp3) is 0.222. The predicted molar refractivity (Wildman–Crippen MR) is 90.5 cm³/mol. The number of amides is 1. The molecule has 0 unspecified atom stereocenters. The number of benzene rings is 2. The number of nitrogens with zero attached hydrogens (tertiary/aromatic N) is 1. The van der Waals surface area contributed by atoms with Gasteiger partial charge in [0.15, 0.2) is 0 Å². The molecule has 2 aromatic rings. The maximum absolute atomic E-state index is 12.1. The van der Waals surface area contributed by atoms with Crippen LogP contribution in [0.15, 0.2) is 48.5 Å². The molecule has 5 heteroatoms. The summed E-state index contributed by atoms with van der Waals surface area (Å²) in [5.41, 5.74) is 1.70. The van der Waals surface area contributed by atoms with Crippen LogP contribution in [0.3, 0.4) is 0 Å². The smallest absolute Gasteiger partial charge is 0.243 e. The van der Waals surface area contributed by atoms with Crippen LogP contribution in [0.4, 0.5) is 11.4 Å². The van der Waals surface area contributed by atoms with Crippen LogP contribution in [0, 0.1) is 11.3 Å². The van der Waals surface area contributed by atoms with Gasteiger partial charge in [-0.1, -0.05) is 24.3 Å². The topological polar surface area (TPSA) is 74.2 Å². The first kappa shape index (κ1) is 16.4. The van der Waals surface area contributed by atoms with E-state index in [0.717, 1.165) is 5.69 Å². The SMILES string of the molecule is CC(C)Oc1ccccc1NCC(=O)Nc1ccccc1C#N. The van der Waals surface area contributed by atoms with E-state index in [1.807, 2.05) is 38.1 Å². The maximum atomic E-state index is 12.1. The zero-order chi connectivity index (χ0) is 16.7. The van der Waals surface area contributed by atoms with Gasteiger partial charge in [-0.25, -0.2) is 0 Å². The van der Waals surface area contributed by atoms with Crippen LogP contribution in [-0.4, -0.2) is 18.6 Å². The molecule has 0 spiro atoms. The maximum Gasteiger partial charge on any atom is 0.243 e. The van der Waals surface area contributed by atoms with Gasteiger partial charge in [-0.15, -0.1) is 0 Å². The molecule has 0 heterocycles. The normalized spacial score (nSPS) is 10.0. The van der Waals surface area contributed by atoms with Gasteiger partial charge < -0.3 is 15.4 Å². The Morgan fingerprint density at radius 2 is 1.78 bits per heavy atom. The first-order valence-electron chi connectivity index (χ1n) is 7.38. The summed E-state index contributed by atoms with van der Waals surface area (Å²) in [6.07, 6.45) is 0.0503. The molecule has 2 aromatic carbocycles. The lowest BCUT2D eigenvalue weighted by Gasteiger charge is -2.15. The molecule has 5 nitrogen and oxygen atoms in total. The van der Waals surface area contributed by atoms with Gasteiger partial charge >= 0.3 is 0 Å². The summed E-state index contributed by atoms with van der Waals surface area (Å²) < 4.78 is 5.70. The van der Waals surface area contributed by atoms with Gasteiger partial charge in [0.1, 0.15) is 11.8 Å². The van der Waals surface area contributed by atoms with Crippen molar-refractivity contribution in [2.75, 3.05) is 17.2 Å². The number of para-hydroxylation sites is 3. The monoisotopic (exact) mass is 309 g/mol. The molecule has 1 amide bonds. The van der Waals surface area contributed by atoms with Crippen molar-refractivity contribution < 1.29 is 9.53 Å². The molecule has 0 saturated heterocycles. The van der Waals surface area contributed by atoms with Crippen molar-refractivity contribution >= 4 is 17.3 Å². The third-order valence-corrected chi connectivity index (χ3v) is 3.01. The highest BCUT2D eigenvalue weighted by Crippen LogP contribution is 2.24. The highest BCUT2D eigenvalue weighted by molar-refractivity contribution is 5.95. The van der Waals surface area contributed by atoms with Gasteiger partial charge in [0, 0.05) is 0 Å². The van der Waals surface area contributed by atoms with Gasteiger partial charge in [0.05, 0.1) is 29.6 Å². The molecule has 0 saturated carbocycles. The third-order valence-electron chi connectivity index (χ3n) is 3.01. The van der Waals surface area contributed by atoms with Crippen LogP contribution in [0.25, 0.3) is 0 Å². The van der Waals surface area contributed by atoms with Crippen LogP contribution in [0.1, 0.15) is 19.4 Å². The molecule has 2 rings (SSSR count). The molecule has 0 atom stereocenters. The van der Waals surface area contributed by atoms with Crippen molar-refractivity contribution in [1.29, 1.82) is 5.26 Å². The van der Waals surface area contributed by atoms with E-state index in [0.29, 0.717) is 17.0 Å². The molecule has 0 fully saturated rings. The van der Waals surface area contributed by atoms with Crippen LogP contribution in [0.5, 0.6) is 5.75 Å². The summed E-state index contributed by atoms with van der Waals surface area (Å²) in [5, 5.41) is 14.8. The van der Waals surface area contributed by atoms with E-state index in [-0.39, 0.29) is 18.6 Å². The number of carbonyl (C=O) groups is 1. The molecule has 0 aromatic heterocycles. The second kappa shape index (κ2) is 7.85. The van der Waals surface area contributed by atoms with E-state index in [2.05, 4.69) is 16.7 Å². The summed E-state index contributed by atoms with van der Waals surface area (Å²) in [6, 6.07) is 16.4. The number of hydrogen-bond donors (Lipinski definition) is 2. The highest BCUT2D eigenvalue weighted by atomic mass is 16.5. The average molecular weight is 309 g/mol. The molecule has 23 heavy (non-hydrogen) atoms. The van der Waals surface area contributed by atoms with Crippen LogP contribution in [-0.2, 0) is 4.79 Å². The second-order valence-electron chi connectivity index (χ2n) is 5.22. The summed E-state index contributed by atoms with van der Waals surface area (Å²) in [7, 11) is 0. The van der Waals surface area contributed by atoms with Crippen LogP contribution in [0.2, 0.25) is 0 Å². The minimum atomic E-state index is -0.230. The van der Waals surface area contributed by atoms with Crippen molar-refractivity contribution in [2.24, 2.45) is 0 Å². The van der Waals surface area contributed by atoms with Crippen molar-refractivity contribution in [3.63, 3.8) is 0 Å². The van der Waals surface area contributed by atoms with E-state index >= 15 is 0 Å². The second-order valence-corrected chi connectivity index (χ2v) is 5.22. The molecule has 0 aliphatic rings. The Labute approximate surface area is 135 Å². The standard InChI is InChI=1S/C18H19N3O2/c1-13(2)23-17-10-6-5-9-16(17)20-12-18(22)21-15-8-4-3-7-14(15)11-19/h3-10,13,20H,12H2,1-2H3,(H,21,22). The molecule has 0 aliphatic carbocycles. The number of nitriles is 1. The minimum Gasteiger partial charge on any atom is -0.489 e. The fourth-order valence-electron chi connectivity index (χ4n) is 2.03. The average Bonchev–Trinajstić information content (AvgIpc) is 2.54. The van der Waals surface area contributed by atoms with Gasteiger partial charge in [-0.2, -0.15) is 5.26 Å². The minimum absolute atomic E-state index is 0.0503. The molecular formula is C18H19N3O2. The van der Waals surface area contributed by atoms with E-state index in [4.69, 9.17) is 10.00 Å². The zero-order valence-corrected chi connectivity index (χ0v) is 13.2. The number of carbonyl (C=O) groups excluding carboxylic acids is 1. The Bertz CT molecular complexity index is 720. The van der Waals surface area contributed by atoms with Gasteiger partial charge in [0.25, 0.3) is 0 Å². The number of hydrogen-bond acceptors (Lipinski definition) is 4. The lowest BCUT2D eigenvalue weighted by Crippen LogP contribution is -2.22. The predicted octanol–water partition coefficient (Wildman–Crippen LogP) is 3.40. The summed E-state index contributed by atoms with van der Waals surface area (Å²) in [5.74, 6) is 0.472. The Balaban J connectivity index is 1.99. The first-order valence-corrected chi connectivity index (χ1v) is 7.38. The third kappa shape index (κ3) is 4.75. The van der Waals surface area contributed by atoms with Gasteiger partial charge in [-0.3, -0.25) is 4.79 Å². The van der Waals surface area contributed by atoms with E-state index < -0.39 is 0 Å². The summed E-state index contributed by atoms with van der Waals surface area (Å²) in [4.78, 5) is 12.1. The lowest BCUT2D eigenvalue weighted by molar-refractivity contribution is -0.114. The molecule has 0 bridgehead atoms. The van der Waals surface area contributed by atoms with Crippen LogP contribution >= 0.6 is 0 Å². The Morgan fingerprint density at radius 3 is 2.48 bits per heavy atom. The Kier molecular flexibility index (Phi) is 5.59. The highest BCUT2D eigenvalue weighted by Gasteiger charge is 2.09. The summed E-state index contributed by atoms with van der Waals surface area (Å²) >= 11 is 0. The largest absolute Gasteiger partial charge is 0.489 e. The van der Waals surface area contributed by atoms with Crippen molar-refractivity contribution in [3.05, 3.63) is 54.1 Å². The van der Waals surface area contributed by atoms with Crippen molar-refractivity contribution in [2.45, 2.75) is 20.0 Å². The number of ether oxygens (including phenoxy) is 1. The number of anilines is 2. The van der Waals surface area contributed by atoms with Crippen molar-refractivity contribution in [1.82, 2.24) is 0 Å². The quantitative estimate of drug-likeness (QED) is 0.857. The number of rotatable bonds is 6. The first-order chi connectivity index (χ1) is 11.1. The molecule has 0 radical (unpaired) electrons. The Hall–Kier alpha value is -3.00. The zero-order valence-electron chi connectivity index (χ0n) is 13.2. The van der Waals surface area contributed by atoms with E-state index in [1.54, 1.807) is 24.3 Å². The molecule has 0 aliphatic heterocycles. The van der Waals surface area contributed by atoms with Crippen LogP contribution < -0.4 is 15.4 Å². The van der Waals surface area contributed by atoms with E-state index in [1.165, 1.54) is 0 Å². The van der Waals surface area contributed by atoms with Gasteiger partial charge in [-0.05, 0) is 38.1 Å². The molecular weight excluding hydrogens is 290 g/mol. The lowest BCUT2D eigenvalue weighted by atomic mass is 10.2. The van der Waals surface area contributed by atoms with E-state index in [9.17, 15) is 4.79 Å². The van der Waals surface area contributed by atoms with Crippen molar-refractivity contribution in [3.8, 4) is 11.8 Å². The molecule has 118 valence electrons. The Morgan fingerprint density at radius 1 is 1.13 bits per heavy atom.